The number of carbonyl (C=O) groups excluding carboxylic acids is 1. The highest BCUT2D eigenvalue weighted by Crippen LogP contribution is 2.33. The number of amides is 1. The number of halogens is 5. The molecule has 0 saturated heterocycles. The average Bonchev–Trinajstić information content (AvgIpc) is 2.81. The number of hydrogen-bond donors (Lipinski definition) is 2. The van der Waals surface area contributed by atoms with E-state index in [1.807, 2.05) is 0 Å². The van der Waals surface area contributed by atoms with Crippen molar-refractivity contribution >= 4 is 15.7 Å². The first-order valence-corrected chi connectivity index (χ1v) is 12.9. The molecule has 1 amide bonds. The first-order valence-electron chi connectivity index (χ1n) is 10.9. The molecule has 0 aliphatic rings. The van der Waals surface area contributed by atoms with Gasteiger partial charge in [0, 0.05) is 23.9 Å². The van der Waals surface area contributed by atoms with E-state index in [0.717, 1.165) is 30.5 Å². The van der Waals surface area contributed by atoms with E-state index in [4.69, 9.17) is 5.73 Å². The van der Waals surface area contributed by atoms with Gasteiger partial charge in [-0.1, -0.05) is 29.8 Å². The van der Waals surface area contributed by atoms with Crippen LogP contribution in [0.25, 0.3) is 11.3 Å². The Bertz CT molecular complexity index is 1440. The smallest absolute Gasteiger partial charge is 0.351 e. The number of pyridine rings is 1. The Morgan fingerprint density at radius 1 is 1.05 bits per heavy atom. The summed E-state index contributed by atoms with van der Waals surface area (Å²) in [7, 11) is -3.76. The SMILES string of the molecule is Cc1ccc(F)c(-c2nc(C(F)(F)F)ccc2CNC(=O)C(C)c2ccc(C(N)S(C)(=O)=O)c(F)c2)c1. The van der Waals surface area contributed by atoms with E-state index < -0.39 is 50.5 Å². The monoisotopic (exact) mass is 541 g/mol. The fourth-order valence-corrected chi connectivity index (χ4v) is 4.26. The minimum atomic E-state index is -4.76. The van der Waals surface area contributed by atoms with Gasteiger partial charge in [0.25, 0.3) is 0 Å². The third-order valence-corrected chi connectivity index (χ3v) is 6.96. The van der Waals surface area contributed by atoms with Crippen LogP contribution in [-0.2, 0) is 27.4 Å². The predicted molar refractivity (Wildman–Crippen MR) is 128 cm³/mol. The topological polar surface area (TPSA) is 102 Å². The zero-order valence-corrected chi connectivity index (χ0v) is 20.8. The highest BCUT2D eigenvalue weighted by Gasteiger charge is 2.33. The molecule has 1 heterocycles. The second-order valence-electron chi connectivity index (χ2n) is 8.66. The van der Waals surface area contributed by atoms with Crippen LogP contribution in [0.4, 0.5) is 22.0 Å². The van der Waals surface area contributed by atoms with Gasteiger partial charge in [-0.15, -0.1) is 0 Å². The zero-order valence-electron chi connectivity index (χ0n) is 20.0. The molecule has 0 radical (unpaired) electrons. The van der Waals surface area contributed by atoms with Crippen molar-refractivity contribution in [3.63, 3.8) is 0 Å². The van der Waals surface area contributed by atoms with E-state index in [-0.39, 0.29) is 34.5 Å². The number of nitrogens with zero attached hydrogens (tertiary/aromatic N) is 1. The number of benzene rings is 2. The minimum absolute atomic E-state index is 0.138. The summed E-state index contributed by atoms with van der Waals surface area (Å²) >= 11 is 0. The van der Waals surface area contributed by atoms with Crippen molar-refractivity contribution in [3.05, 3.63) is 88.1 Å². The number of aryl methyl sites for hydroxylation is 1. The molecule has 6 nitrogen and oxygen atoms in total. The molecule has 0 fully saturated rings. The molecule has 0 aliphatic heterocycles. The van der Waals surface area contributed by atoms with Crippen LogP contribution in [0.2, 0.25) is 0 Å². The molecule has 37 heavy (non-hydrogen) atoms. The van der Waals surface area contributed by atoms with Crippen LogP contribution in [0.3, 0.4) is 0 Å². The summed E-state index contributed by atoms with van der Waals surface area (Å²) in [6, 6.07) is 9.32. The second kappa shape index (κ2) is 10.5. The molecule has 0 aliphatic carbocycles. The summed E-state index contributed by atoms with van der Waals surface area (Å²) in [5.74, 6) is -3.20. The number of rotatable bonds is 7. The molecule has 0 saturated carbocycles. The van der Waals surface area contributed by atoms with Gasteiger partial charge in [0.1, 0.15) is 22.7 Å². The lowest BCUT2D eigenvalue weighted by atomic mass is 9.98. The summed E-state index contributed by atoms with van der Waals surface area (Å²) in [6.07, 6.45) is -3.89. The number of aromatic nitrogens is 1. The van der Waals surface area contributed by atoms with Gasteiger partial charge in [-0.25, -0.2) is 22.2 Å². The summed E-state index contributed by atoms with van der Waals surface area (Å²) in [5.41, 5.74) is 4.65. The summed E-state index contributed by atoms with van der Waals surface area (Å²) in [5, 5.41) is 0.984. The Hall–Kier alpha value is -3.38. The summed E-state index contributed by atoms with van der Waals surface area (Å²) in [6.45, 7) is 2.83. The number of nitrogens with one attached hydrogen (secondary N) is 1. The quantitative estimate of drug-likeness (QED) is 0.420. The largest absolute Gasteiger partial charge is 0.433 e. The maximum atomic E-state index is 14.5. The van der Waals surface area contributed by atoms with Gasteiger partial charge >= 0.3 is 6.18 Å². The van der Waals surface area contributed by atoms with Crippen molar-refractivity contribution in [2.24, 2.45) is 5.73 Å². The van der Waals surface area contributed by atoms with Crippen LogP contribution in [0.15, 0.2) is 48.5 Å². The van der Waals surface area contributed by atoms with Crippen molar-refractivity contribution in [3.8, 4) is 11.3 Å². The van der Waals surface area contributed by atoms with Crippen molar-refractivity contribution in [2.45, 2.75) is 37.9 Å². The van der Waals surface area contributed by atoms with Crippen LogP contribution in [0.1, 0.15) is 46.2 Å². The van der Waals surface area contributed by atoms with Crippen LogP contribution >= 0.6 is 0 Å². The first-order chi connectivity index (χ1) is 17.1. The van der Waals surface area contributed by atoms with E-state index in [1.165, 1.54) is 31.2 Å². The Balaban J connectivity index is 1.87. The number of carbonyl (C=O) groups is 1. The lowest BCUT2D eigenvalue weighted by Crippen LogP contribution is -2.28. The maximum absolute atomic E-state index is 14.5. The summed E-state index contributed by atoms with van der Waals surface area (Å²) < 4.78 is 92.2. The molecule has 3 aromatic rings. The highest BCUT2D eigenvalue weighted by molar-refractivity contribution is 7.90. The van der Waals surface area contributed by atoms with Crippen LogP contribution < -0.4 is 11.1 Å². The predicted octanol–water partition coefficient (Wildman–Crippen LogP) is 4.78. The standard InChI is InChI=1S/C25H24F5N3O3S/c1-13-4-8-19(26)18(10-13)22-16(6-9-21(33-22)25(28,29)30)12-32-24(34)14(2)15-5-7-17(20(27)11-15)23(31)37(3,35)36/h4-11,14,23H,12,31H2,1-3H3,(H,32,34). The number of hydrogen-bond acceptors (Lipinski definition) is 5. The van der Waals surface area contributed by atoms with Crippen molar-refractivity contribution in [2.75, 3.05) is 6.26 Å². The fourth-order valence-electron chi connectivity index (χ4n) is 3.60. The van der Waals surface area contributed by atoms with E-state index in [0.29, 0.717) is 5.56 Å². The summed E-state index contributed by atoms with van der Waals surface area (Å²) in [4.78, 5) is 16.4. The number of sulfone groups is 1. The molecule has 0 spiro atoms. The molecule has 2 aromatic carbocycles. The van der Waals surface area contributed by atoms with Gasteiger partial charge < -0.3 is 11.1 Å². The lowest BCUT2D eigenvalue weighted by molar-refractivity contribution is -0.141. The van der Waals surface area contributed by atoms with E-state index in [9.17, 15) is 35.2 Å². The van der Waals surface area contributed by atoms with E-state index >= 15 is 0 Å². The van der Waals surface area contributed by atoms with Crippen molar-refractivity contribution in [1.29, 1.82) is 0 Å². The van der Waals surface area contributed by atoms with Crippen LogP contribution in [0, 0.1) is 18.6 Å². The molecule has 3 rings (SSSR count). The van der Waals surface area contributed by atoms with Gasteiger partial charge in [-0.05, 0) is 49.2 Å². The van der Waals surface area contributed by atoms with Gasteiger partial charge in [0.05, 0.1) is 11.6 Å². The highest BCUT2D eigenvalue weighted by atomic mass is 32.2. The lowest BCUT2D eigenvalue weighted by Gasteiger charge is -2.17. The van der Waals surface area contributed by atoms with Crippen LogP contribution in [0.5, 0.6) is 0 Å². The normalized spacial score (nSPS) is 13.8. The first kappa shape index (κ1) is 28.2. The molecule has 198 valence electrons. The van der Waals surface area contributed by atoms with Gasteiger partial charge in [0.2, 0.25) is 5.91 Å². The van der Waals surface area contributed by atoms with E-state index in [1.54, 1.807) is 6.92 Å². The Morgan fingerprint density at radius 3 is 2.32 bits per heavy atom. The van der Waals surface area contributed by atoms with Gasteiger partial charge in [-0.3, -0.25) is 4.79 Å². The molecule has 3 N–H and O–H groups in total. The Labute approximate surface area is 210 Å². The third kappa shape index (κ3) is 6.50. The third-order valence-electron chi connectivity index (χ3n) is 5.78. The Kier molecular flexibility index (Phi) is 8.03. The van der Waals surface area contributed by atoms with Crippen molar-refractivity contribution in [1.82, 2.24) is 10.3 Å². The fraction of sp³-hybridized carbons (Fsp3) is 0.280. The van der Waals surface area contributed by atoms with Crippen molar-refractivity contribution < 1.29 is 35.2 Å². The average molecular weight is 542 g/mol. The molecule has 1 aromatic heterocycles. The number of nitrogens with two attached hydrogens (primary N) is 1. The zero-order chi connectivity index (χ0) is 27.7. The Morgan fingerprint density at radius 2 is 1.73 bits per heavy atom. The molecule has 0 bridgehead atoms. The minimum Gasteiger partial charge on any atom is -0.351 e. The maximum Gasteiger partial charge on any atom is 0.433 e. The van der Waals surface area contributed by atoms with Gasteiger partial charge in [-0.2, -0.15) is 13.2 Å². The molecule has 2 atom stereocenters. The molecule has 2 unspecified atom stereocenters. The van der Waals surface area contributed by atoms with E-state index in [2.05, 4.69) is 10.3 Å². The van der Waals surface area contributed by atoms with Crippen LogP contribution in [-0.4, -0.2) is 25.6 Å². The molecular formula is C25H24F5N3O3S. The van der Waals surface area contributed by atoms with Gasteiger partial charge in [0.15, 0.2) is 9.84 Å². The number of alkyl halides is 3. The molecule has 12 heteroatoms. The molecular weight excluding hydrogens is 517 g/mol. The second-order valence-corrected chi connectivity index (χ2v) is 10.8.